The van der Waals surface area contributed by atoms with E-state index in [4.69, 9.17) is 15.6 Å². The number of nitrogens with one attached hydrogen (secondary N) is 2. The van der Waals surface area contributed by atoms with E-state index in [1.165, 1.54) is 5.56 Å². The van der Waals surface area contributed by atoms with Gasteiger partial charge in [0.15, 0.2) is 0 Å². The lowest BCUT2D eigenvalue weighted by atomic mass is 9.99. The van der Waals surface area contributed by atoms with Crippen LogP contribution in [0.3, 0.4) is 0 Å². The first-order chi connectivity index (χ1) is 19.8. The molecule has 1 aliphatic rings. The predicted molar refractivity (Wildman–Crippen MR) is 155 cm³/mol. The van der Waals surface area contributed by atoms with Gasteiger partial charge in [0.05, 0.1) is 11.3 Å². The lowest BCUT2D eigenvalue weighted by molar-refractivity contribution is -0.192. The molecule has 3 aromatic rings. The molecule has 1 aliphatic heterocycles. The van der Waals surface area contributed by atoms with E-state index >= 15 is 0 Å². The lowest BCUT2D eigenvalue weighted by Gasteiger charge is -2.20. The maximum absolute atomic E-state index is 13.1. The van der Waals surface area contributed by atoms with Crippen molar-refractivity contribution in [1.82, 2.24) is 9.80 Å². The Morgan fingerprint density at radius 1 is 0.929 bits per heavy atom. The monoisotopic (exact) mass is 583 g/mol. The predicted octanol–water partition coefficient (Wildman–Crippen LogP) is 4.34. The highest BCUT2D eigenvalue weighted by Crippen LogP contribution is 2.38. The fourth-order valence-electron chi connectivity index (χ4n) is 4.11. The quantitative estimate of drug-likeness (QED) is 0.276. The van der Waals surface area contributed by atoms with Crippen LogP contribution in [0.25, 0.3) is 11.3 Å². The van der Waals surface area contributed by atoms with Gasteiger partial charge in [-0.3, -0.25) is 9.59 Å². The van der Waals surface area contributed by atoms with Gasteiger partial charge in [-0.25, -0.2) is 4.79 Å². The number of hydrogen-bond donors (Lipinski definition) is 4. The normalized spacial score (nSPS) is 13.7. The number of hydrogen-bond acceptors (Lipinski definition) is 6. The van der Waals surface area contributed by atoms with E-state index in [1.807, 2.05) is 42.5 Å². The second kappa shape index (κ2) is 13.8. The van der Waals surface area contributed by atoms with Crippen LogP contribution >= 0.6 is 0 Å². The minimum Gasteiger partial charge on any atom is -0.475 e. The lowest BCUT2D eigenvalue weighted by Crippen LogP contribution is -2.28. The summed E-state index contributed by atoms with van der Waals surface area (Å²) in [6, 6.07) is 23.0. The van der Waals surface area contributed by atoms with E-state index < -0.39 is 18.1 Å². The van der Waals surface area contributed by atoms with Crippen molar-refractivity contribution in [1.29, 1.82) is 0 Å². The standard InChI is InChI=1S/C28H31N5O2.C2HF3O2/c1-32(2)14-15-33(3)18-19-8-7-11-22(16-19)30-26(20-9-5-4-6-10-20)25-23-13-12-21(27(29)34)17-24(23)31-28(25)35;3-2(4,5)1(6)7/h4-13,16-17,30H,14-15,18H2,1-3H3,(H2,29,34)(H,31,35);(H,6,7)/b26-25-;. The topological polar surface area (TPSA) is 128 Å². The summed E-state index contributed by atoms with van der Waals surface area (Å²) in [5.41, 5.74) is 11.3. The van der Waals surface area contributed by atoms with E-state index in [1.54, 1.807) is 18.2 Å². The van der Waals surface area contributed by atoms with Crippen molar-refractivity contribution in [2.75, 3.05) is 44.9 Å². The van der Waals surface area contributed by atoms with E-state index in [0.717, 1.165) is 36.4 Å². The number of likely N-dealkylation sites (N-methyl/N-ethyl adjacent to an activating group) is 2. The Morgan fingerprint density at radius 3 is 2.19 bits per heavy atom. The smallest absolute Gasteiger partial charge is 0.475 e. The fourth-order valence-corrected chi connectivity index (χ4v) is 4.11. The molecule has 3 aromatic carbocycles. The summed E-state index contributed by atoms with van der Waals surface area (Å²) in [6.45, 7) is 2.78. The third-order valence-corrected chi connectivity index (χ3v) is 6.18. The maximum Gasteiger partial charge on any atom is 0.490 e. The van der Waals surface area contributed by atoms with Gasteiger partial charge in [0.2, 0.25) is 5.91 Å². The van der Waals surface area contributed by atoms with Crippen LogP contribution in [0.1, 0.15) is 27.0 Å². The number of carbonyl (C=O) groups excluding carboxylic acids is 2. The molecule has 2 amide bonds. The number of amides is 2. The molecule has 1 heterocycles. The Balaban J connectivity index is 0.000000616. The van der Waals surface area contributed by atoms with Gasteiger partial charge in [0, 0.05) is 42.1 Å². The van der Waals surface area contributed by atoms with Crippen molar-refractivity contribution in [3.05, 3.63) is 95.1 Å². The molecule has 0 fully saturated rings. The molecule has 4 rings (SSSR count). The zero-order valence-electron chi connectivity index (χ0n) is 23.3. The molecular weight excluding hydrogens is 551 g/mol. The molecular formula is C30H32F3N5O4. The Kier molecular flexibility index (Phi) is 10.5. The molecule has 0 saturated carbocycles. The fraction of sp³-hybridized carbons (Fsp3) is 0.233. The summed E-state index contributed by atoms with van der Waals surface area (Å²) in [7, 11) is 6.26. The van der Waals surface area contributed by atoms with Crippen molar-refractivity contribution < 1.29 is 32.7 Å². The number of nitrogens with zero attached hydrogens (tertiary/aromatic N) is 2. The van der Waals surface area contributed by atoms with E-state index in [0.29, 0.717) is 22.5 Å². The van der Waals surface area contributed by atoms with Crippen LogP contribution in [-0.4, -0.2) is 73.1 Å². The Morgan fingerprint density at radius 2 is 1.60 bits per heavy atom. The number of aliphatic carboxylic acids is 1. The molecule has 0 atom stereocenters. The molecule has 5 N–H and O–H groups in total. The number of halogens is 3. The molecule has 0 aliphatic carbocycles. The number of carbonyl (C=O) groups is 3. The number of carboxylic acid groups (broad SMARTS) is 1. The van der Waals surface area contributed by atoms with E-state index in [9.17, 15) is 22.8 Å². The number of rotatable bonds is 9. The SMILES string of the molecule is CN(C)CCN(C)Cc1cccc(N/C(=C2\C(=O)Nc3cc(C(N)=O)ccc32)c2ccccc2)c1.O=C(O)C(F)(F)F. The van der Waals surface area contributed by atoms with E-state index in [2.05, 4.69) is 53.7 Å². The Bertz CT molecular complexity index is 1470. The van der Waals surface area contributed by atoms with Gasteiger partial charge in [-0.2, -0.15) is 13.2 Å². The molecule has 0 bridgehead atoms. The zero-order valence-corrected chi connectivity index (χ0v) is 23.3. The third kappa shape index (κ3) is 8.66. The first-order valence-electron chi connectivity index (χ1n) is 12.8. The van der Waals surface area contributed by atoms with Crippen LogP contribution in [0.15, 0.2) is 72.8 Å². The largest absolute Gasteiger partial charge is 0.490 e. The number of nitrogens with two attached hydrogens (primary N) is 1. The summed E-state index contributed by atoms with van der Waals surface area (Å²) < 4.78 is 31.7. The van der Waals surface area contributed by atoms with Crippen molar-refractivity contribution in [2.24, 2.45) is 5.73 Å². The first-order valence-corrected chi connectivity index (χ1v) is 12.8. The van der Waals surface area contributed by atoms with Crippen LogP contribution in [-0.2, 0) is 16.1 Å². The minimum atomic E-state index is -5.08. The zero-order chi connectivity index (χ0) is 31.0. The highest BCUT2D eigenvalue weighted by molar-refractivity contribution is 6.37. The Labute approximate surface area is 241 Å². The molecule has 42 heavy (non-hydrogen) atoms. The second-order valence-corrected chi connectivity index (χ2v) is 9.86. The van der Waals surface area contributed by atoms with Gasteiger partial charge in [0.25, 0.3) is 5.91 Å². The van der Waals surface area contributed by atoms with Gasteiger partial charge in [-0.1, -0.05) is 48.5 Å². The minimum absolute atomic E-state index is 0.229. The second-order valence-electron chi connectivity index (χ2n) is 9.86. The van der Waals surface area contributed by atoms with Crippen LogP contribution in [0.5, 0.6) is 0 Å². The molecule has 0 aromatic heterocycles. The average Bonchev–Trinajstić information content (AvgIpc) is 3.25. The highest BCUT2D eigenvalue weighted by atomic mass is 19.4. The molecule has 0 radical (unpaired) electrons. The number of carboxylic acids is 1. The Hall–Kier alpha value is -4.68. The molecule has 12 heteroatoms. The summed E-state index contributed by atoms with van der Waals surface area (Å²) in [6.07, 6.45) is -5.08. The van der Waals surface area contributed by atoms with Crippen LogP contribution in [0, 0.1) is 0 Å². The van der Waals surface area contributed by atoms with Gasteiger partial charge >= 0.3 is 12.1 Å². The first kappa shape index (κ1) is 31.8. The van der Waals surface area contributed by atoms with Gasteiger partial charge in [-0.15, -0.1) is 0 Å². The number of benzene rings is 3. The van der Waals surface area contributed by atoms with Crippen molar-refractivity contribution in [3.8, 4) is 0 Å². The average molecular weight is 584 g/mol. The van der Waals surface area contributed by atoms with Crippen molar-refractivity contribution >= 4 is 40.4 Å². The number of primary amides is 1. The van der Waals surface area contributed by atoms with Crippen molar-refractivity contribution in [3.63, 3.8) is 0 Å². The van der Waals surface area contributed by atoms with Gasteiger partial charge in [0.1, 0.15) is 0 Å². The number of alkyl halides is 3. The van der Waals surface area contributed by atoms with Crippen LogP contribution in [0.4, 0.5) is 24.5 Å². The van der Waals surface area contributed by atoms with Gasteiger partial charge in [-0.05, 0) is 56.5 Å². The van der Waals surface area contributed by atoms with E-state index in [-0.39, 0.29) is 5.91 Å². The molecule has 9 nitrogen and oxygen atoms in total. The highest BCUT2D eigenvalue weighted by Gasteiger charge is 2.38. The summed E-state index contributed by atoms with van der Waals surface area (Å²) in [5.74, 6) is -3.52. The summed E-state index contributed by atoms with van der Waals surface area (Å²) >= 11 is 0. The number of anilines is 2. The molecule has 0 unspecified atom stereocenters. The molecule has 0 spiro atoms. The van der Waals surface area contributed by atoms with Crippen LogP contribution in [0.2, 0.25) is 0 Å². The summed E-state index contributed by atoms with van der Waals surface area (Å²) in [4.78, 5) is 38.1. The molecule has 0 saturated heterocycles. The van der Waals surface area contributed by atoms with Crippen LogP contribution < -0.4 is 16.4 Å². The van der Waals surface area contributed by atoms with Gasteiger partial charge < -0.3 is 31.3 Å². The third-order valence-electron chi connectivity index (χ3n) is 6.18. The molecule has 222 valence electrons. The number of fused-ring (bicyclic) bond motifs is 1. The summed E-state index contributed by atoms with van der Waals surface area (Å²) in [5, 5.41) is 13.5. The maximum atomic E-state index is 13.1. The van der Waals surface area contributed by atoms with Crippen molar-refractivity contribution in [2.45, 2.75) is 12.7 Å².